The number of carboxylic acids is 1. The zero-order chi connectivity index (χ0) is 27.4. The van der Waals surface area contributed by atoms with E-state index in [2.05, 4.69) is 56.9 Å². The van der Waals surface area contributed by atoms with Gasteiger partial charge in [0.1, 0.15) is 11.6 Å². The Kier molecular flexibility index (Phi) is 8.87. The van der Waals surface area contributed by atoms with E-state index in [0.29, 0.717) is 5.56 Å². The number of aryl methyl sites for hydroxylation is 2. The molecule has 1 saturated carbocycles. The molecule has 198 valence electrons. The van der Waals surface area contributed by atoms with Crippen molar-refractivity contribution in [3.8, 4) is 11.8 Å². The second kappa shape index (κ2) is 11.5. The molecule has 2 aromatic carbocycles. The Morgan fingerprint density at radius 3 is 2.08 bits per heavy atom. The molecule has 1 aliphatic rings. The summed E-state index contributed by atoms with van der Waals surface area (Å²) in [6.45, 7) is 9.85. The number of aliphatic carboxylic acids is 1. The summed E-state index contributed by atoms with van der Waals surface area (Å²) in [6, 6.07) is 11.4. The molecular formula is C32H41NO4. The molecule has 0 heterocycles. The maximum Gasteiger partial charge on any atom is 0.326 e. The van der Waals surface area contributed by atoms with Gasteiger partial charge in [0.25, 0.3) is 5.91 Å². The van der Waals surface area contributed by atoms with E-state index < -0.39 is 17.6 Å². The van der Waals surface area contributed by atoms with Gasteiger partial charge in [-0.2, -0.15) is 0 Å². The molecule has 1 unspecified atom stereocenters. The molecule has 0 saturated heterocycles. The lowest BCUT2D eigenvalue weighted by Gasteiger charge is -2.34. The van der Waals surface area contributed by atoms with Crippen molar-refractivity contribution in [3.63, 3.8) is 0 Å². The topological polar surface area (TPSA) is 77.8 Å². The molecule has 3 rings (SSSR count). The lowest BCUT2D eigenvalue weighted by Crippen LogP contribution is -2.40. The van der Waals surface area contributed by atoms with Gasteiger partial charge in [-0.25, -0.2) is 4.79 Å². The van der Waals surface area contributed by atoms with Gasteiger partial charge < -0.3 is 15.1 Å². The number of aliphatic hydroxyl groups is 1. The average molecular weight is 504 g/mol. The first kappa shape index (κ1) is 28.5. The quantitative estimate of drug-likeness (QED) is 0.454. The monoisotopic (exact) mass is 503 g/mol. The molecule has 5 nitrogen and oxygen atoms in total. The fourth-order valence-corrected chi connectivity index (χ4v) is 5.51. The molecule has 37 heavy (non-hydrogen) atoms. The van der Waals surface area contributed by atoms with Gasteiger partial charge in [0.2, 0.25) is 0 Å². The van der Waals surface area contributed by atoms with Crippen LogP contribution in [-0.2, 0) is 10.2 Å². The zero-order valence-electron chi connectivity index (χ0n) is 23.1. The Bertz CT molecular complexity index is 1210. The van der Waals surface area contributed by atoms with Gasteiger partial charge in [-0.15, -0.1) is 0 Å². The SMILES string of the molecule is CCC(CC)(c1ccc(C#CC2(O)CCCCC2)c(C)c1)c1ccc(C(=O)N(C)C(C)C(=O)O)c(C)c1. The van der Waals surface area contributed by atoms with Gasteiger partial charge in [-0.3, -0.25) is 4.79 Å². The number of nitrogens with zero attached hydrogens (tertiary/aromatic N) is 1. The van der Waals surface area contributed by atoms with Crippen LogP contribution in [0, 0.1) is 25.7 Å². The van der Waals surface area contributed by atoms with Crippen LogP contribution in [0.4, 0.5) is 0 Å². The lowest BCUT2D eigenvalue weighted by atomic mass is 9.69. The molecule has 0 aliphatic heterocycles. The minimum atomic E-state index is -1.03. The molecule has 1 fully saturated rings. The predicted molar refractivity (Wildman–Crippen MR) is 148 cm³/mol. The van der Waals surface area contributed by atoms with Gasteiger partial charge in [0, 0.05) is 23.6 Å². The zero-order valence-corrected chi connectivity index (χ0v) is 23.1. The average Bonchev–Trinajstić information content (AvgIpc) is 2.88. The smallest absolute Gasteiger partial charge is 0.326 e. The molecule has 1 amide bonds. The van der Waals surface area contributed by atoms with Crippen LogP contribution in [0.5, 0.6) is 0 Å². The van der Waals surface area contributed by atoms with Gasteiger partial charge in [0.05, 0.1) is 0 Å². The Morgan fingerprint density at radius 2 is 1.57 bits per heavy atom. The fourth-order valence-electron chi connectivity index (χ4n) is 5.51. The summed E-state index contributed by atoms with van der Waals surface area (Å²) in [5.41, 5.74) is 4.61. The summed E-state index contributed by atoms with van der Waals surface area (Å²) < 4.78 is 0. The van der Waals surface area contributed by atoms with Crippen LogP contribution in [-0.4, -0.2) is 45.7 Å². The highest BCUT2D eigenvalue weighted by atomic mass is 16.4. The van der Waals surface area contributed by atoms with E-state index in [1.807, 2.05) is 19.1 Å². The normalized spacial score (nSPS) is 15.9. The van der Waals surface area contributed by atoms with Crippen molar-refractivity contribution < 1.29 is 19.8 Å². The predicted octanol–water partition coefficient (Wildman–Crippen LogP) is 6.00. The Labute approximate surface area is 221 Å². The van der Waals surface area contributed by atoms with Crippen molar-refractivity contribution >= 4 is 11.9 Å². The highest BCUT2D eigenvalue weighted by Crippen LogP contribution is 2.40. The van der Waals surface area contributed by atoms with E-state index in [0.717, 1.165) is 60.8 Å². The largest absolute Gasteiger partial charge is 0.480 e. The summed E-state index contributed by atoms with van der Waals surface area (Å²) in [7, 11) is 1.52. The maximum absolute atomic E-state index is 13.0. The van der Waals surface area contributed by atoms with E-state index in [1.54, 1.807) is 0 Å². The summed E-state index contributed by atoms with van der Waals surface area (Å²) in [4.78, 5) is 25.6. The van der Waals surface area contributed by atoms with Gasteiger partial charge in [-0.1, -0.05) is 56.4 Å². The Morgan fingerprint density at radius 1 is 1.00 bits per heavy atom. The first-order valence-corrected chi connectivity index (χ1v) is 13.5. The van der Waals surface area contributed by atoms with E-state index in [9.17, 15) is 19.8 Å². The van der Waals surface area contributed by atoms with Crippen LogP contribution in [0.3, 0.4) is 0 Å². The summed E-state index contributed by atoms with van der Waals surface area (Å²) >= 11 is 0. The van der Waals surface area contributed by atoms with Crippen molar-refractivity contribution in [3.05, 3.63) is 69.8 Å². The second-order valence-electron chi connectivity index (χ2n) is 10.6. The maximum atomic E-state index is 13.0. The minimum absolute atomic E-state index is 0.231. The number of benzene rings is 2. The number of rotatable bonds is 7. The third-order valence-electron chi connectivity index (χ3n) is 8.36. The number of hydrogen-bond donors (Lipinski definition) is 2. The number of carbonyl (C=O) groups is 2. The summed E-state index contributed by atoms with van der Waals surface area (Å²) in [6.07, 6.45) is 6.48. The number of amides is 1. The number of carbonyl (C=O) groups excluding carboxylic acids is 1. The van der Waals surface area contributed by atoms with Crippen molar-refractivity contribution in [2.24, 2.45) is 0 Å². The van der Waals surface area contributed by atoms with E-state index >= 15 is 0 Å². The molecular weight excluding hydrogens is 462 g/mol. The summed E-state index contributed by atoms with van der Waals surface area (Å²) in [5, 5.41) is 20.1. The summed E-state index contributed by atoms with van der Waals surface area (Å²) in [5.74, 6) is 5.08. The number of carboxylic acid groups (broad SMARTS) is 1. The molecule has 2 N–H and O–H groups in total. The Balaban J connectivity index is 1.95. The van der Waals surface area contributed by atoms with Crippen molar-refractivity contribution in [1.29, 1.82) is 0 Å². The first-order chi connectivity index (χ1) is 17.5. The molecule has 2 aromatic rings. The third kappa shape index (κ3) is 5.91. The van der Waals surface area contributed by atoms with Crippen molar-refractivity contribution in [2.45, 2.75) is 96.6 Å². The van der Waals surface area contributed by atoms with Crippen LogP contribution in [0.25, 0.3) is 0 Å². The van der Waals surface area contributed by atoms with Crippen molar-refractivity contribution in [1.82, 2.24) is 4.90 Å². The standard InChI is InChI=1S/C32H41NO4/c1-7-32(8-2,27-14-15-28(23(4)21-27)29(34)33(6)24(5)30(35)36)26-13-12-25(22(3)20-26)16-19-31(37)17-10-9-11-18-31/h12-15,20-21,24,37H,7-11,17-18H2,1-6H3,(H,35,36). The van der Waals surface area contributed by atoms with Crippen LogP contribution in [0.15, 0.2) is 36.4 Å². The van der Waals surface area contributed by atoms with Crippen LogP contribution in [0.1, 0.15) is 104 Å². The van der Waals surface area contributed by atoms with Crippen LogP contribution >= 0.6 is 0 Å². The van der Waals surface area contributed by atoms with Crippen molar-refractivity contribution in [2.75, 3.05) is 7.05 Å². The Hall–Kier alpha value is -3.10. The molecule has 0 bridgehead atoms. The van der Waals surface area contributed by atoms with Crippen LogP contribution in [0.2, 0.25) is 0 Å². The van der Waals surface area contributed by atoms with E-state index in [1.165, 1.54) is 30.9 Å². The highest BCUT2D eigenvalue weighted by Gasteiger charge is 2.32. The van der Waals surface area contributed by atoms with E-state index in [-0.39, 0.29) is 11.3 Å². The van der Waals surface area contributed by atoms with Crippen LogP contribution < -0.4 is 0 Å². The first-order valence-electron chi connectivity index (χ1n) is 13.5. The highest BCUT2D eigenvalue weighted by molar-refractivity contribution is 5.97. The van der Waals surface area contributed by atoms with E-state index in [4.69, 9.17) is 0 Å². The fraction of sp³-hybridized carbons (Fsp3) is 0.500. The third-order valence-corrected chi connectivity index (χ3v) is 8.36. The lowest BCUT2D eigenvalue weighted by molar-refractivity contribution is -0.141. The van der Waals surface area contributed by atoms with Gasteiger partial charge in [0.15, 0.2) is 0 Å². The second-order valence-corrected chi connectivity index (χ2v) is 10.6. The van der Waals surface area contributed by atoms with Gasteiger partial charge in [-0.05, 0) is 93.7 Å². The molecule has 1 atom stereocenters. The van der Waals surface area contributed by atoms with Gasteiger partial charge >= 0.3 is 5.97 Å². The number of likely N-dealkylation sites (N-methyl/N-ethyl adjacent to an activating group) is 1. The molecule has 0 radical (unpaired) electrons. The number of hydrogen-bond acceptors (Lipinski definition) is 3. The molecule has 0 spiro atoms. The molecule has 5 heteroatoms. The minimum Gasteiger partial charge on any atom is -0.480 e. The molecule has 0 aromatic heterocycles. The molecule has 1 aliphatic carbocycles.